The number of nitrogens with one attached hydrogen (secondary N) is 2. The van der Waals surface area contributed by atoms with Crippen LogP contribution in [0.3, 0.4) is 0 Å². The summed E-state index contributed by atoms with van der Waals surface area (Å²) in [7, 11) is 0. The molecule has 1 saturated carbocycles. The molecule has 32 heavy (non-hydrogen) atoms. The number of para-hydroxylation sites is 2. The highest BCUT2D eigenvalue weighted by Crippen LogP contribution is 2.24. The van der Waals surface area contributed by atoms with Gasteiger partial charge in [0.25, 0.3) is 11.8 Å². The molecule has 1 aliphatic carbocycles. The Kier molecular flexibility index (Phi) is 8.14. The summed E-state index contributed by atoms with van der Waals surface area (Å²) in [4.78, 5) is 25.1. The molecule has 1 aliphatic rings. The number of amides is 2. The van der Waals surface area contributed by atoms with E-state index in [1.165, 1.54) is 0 Å². The first-order valence-electron chi connectivity index (χ1n) is 11.3. The van der Waals surface area contributed by atoms with Gasteiger partial charge in [0.05, 0.1) is 0 Å². The molecule has 3 rings (SSSR count). The fraction of sp³-hybridized carbons (Fsp3) is 0.462. The second kappa shape index (κ2) is 11.0. The lowest BCUT2D eigenvalue weighted by Gasteiger charge is -2.32. The number of carbonyl (C=O) groups is 2. The topological polar surface area (TPSA) is 76.7 Å². The summed E-state index contributed by atoms with van der Waals surface area (Å²) >= 11 is 0. The van der Waals surface area contributed by atoms with E-state index in [0.29, 0.717) is 0 Å². The molecule has 0 aromatic heterocycles. The Bertz CT molecular complexity index is 839. The minimum absolute atomic E-state index is 0.0431. The van der Waals surface area contributed by atoms with Crippen LogP contribution < -0.4 is 20.1 Å². The lowest BCUT2D eigenvalue weighted by atomic mass is 9.90. The van der Waals surface area contributed by atoms with Gasteiger partial charge in [-0.15, -0.1) is 0 Å². The van der Waals surface area contributed by atoms with Gasteiger partial charge in [-0.3, -0.25) is 9.59 Å². The van der Waals surface area contributed by atoms with E-state index < -0.39 is 0 Å². The van der Waals surface area contributed by atoms with Gasteiger partial charge in [0.2, 0.25) is 0 Å². The van der Waals surface area contributed by atoms with Crippen molar-refractivity contribution in [3.05, 3.63) is 58.7 Å². The van der Waals surface area contributed by atoms with Crippen molar-refractivity contribution in [3.8, 4) is 11.5 Å². The zero-order valence-corrected chi connectivity index (χ0v) is 19.5. The number of benzene rings is 2. The van der Waals surface area contributed by atoms with Gasteiger partial charge in [-0.05, 0) is 62.8 Å². The Balaban J connectivity index is 1.51. The van der Waals surface area contributed by atoms with Gasteiger partial charge in [-0.25, -0.2) is 0 Å². The Morgan fingerprint density at radius 1 is 0.719 bits per heavy atom. The summed E-state index contributed by atoms with van der Waals surface area (Å²) in [6.07, 6.45) is 3.71. The zero-order chi connectivity index (χ0) is 23.1. The molecule has 2 aromatic rings. The van der Waals surface area contributed by atoms with Crippen molar-refractivity contribution in [2.75, 3.05) is 13.2 Å². The van der Waals surface area contributed by atoms with Crippen molar-refractivity contribution >= 4 is 11.8 Å². The van der Waals surface area contributed by atoms with Gasteiger partial charge >= 0.3 is 0 Å². The number of rotatable bonds is 8. The molecule has 2 atom stereocenters. The van der Waals surface area contributed by atoms with Crippen LogP contribution in [0.2, 0.25) is 0 Å². The van der Waals surface area contributed by atoms with Crippen molar-refractivity contribution < 1.29 is 19.1 Å². The van der Waals surface area contributed by atoms with Crippen LogP contribution in [-0.4, -0.2) is 37.1 Å². The van der Waals surface area contributed by atoms with Gasteiger partial charge in [-0.1, -0.05) is 49.2 Å². The molecule has 6 heteroatoms. The van der Waals surface area contributed by atoms with Crippen LogP contribution in [-0.2, 0) is 9.59 Å². The molecule has 0 aliphatic heterocycles. The maximum absolute atomic E-state index is 12.6. The van der Waals surface area contributed by atoms with E-state index >= 15 is 0 Å². The van der Waals surface area contributed by atoms with Crippen molar-refractivity contribution in [3.63, 3.8) is 0 Å². The summed E-state index contributed by atoms with van der Waals surface area (Å²) in [5, 5.41) is 6.11. The molecular weight excluding hydrogens is 404 g/mol. The van der Waals surface area contributed by atoms with Crippen LogP contribution >= 0.6 is 0 Å². The van der Waals surface area contributed by atoms with E-state index in [-0.39, 0.29) is 37.1 Å². The first-order chi connectivity index (χ1) is 15.3. The molecule has 2 amide bonds. The highest BCUT2D eigenvalue weighted by molar-refractivity contribution is 5.79. The lowest BCUT2D eigenvalue weighted by Crippen LogP contribution is -2.54. The monoisotopic (exact) mass is 438 g/mol. The smallest absolute Gasteiger partial charge is 0.258 e. The molecule has 1 fully saturated rings. The summed E-state index contributed by atoms with van der Waals surface area (Å²) in [5.41, 5.74) is 4.02. The van der Waals surface area contributed by atoms with E-state index in [2.05, 4.69) is 10.6 Å². The summed E-state index contributed by atoms with van der Waals surface area (Å²) in [6, 6.07) is 11.6. The molecule has 172 valence electrons. The molecule has 2 N–H and O–H groups in total. The van der Waals surface area contributed by atoms with Crippen LogP contribution in [0.5, 0.6) is 11.5 Å². The van der Waals surface area contributed by atoms with Crippen LogP contribution in [0.1, 0.15) is 47.9 Å². The van der Waals surface area contributed by atoms with E-state index in [9.17, 15) is 9.59 Å². The molecule has 0 unspecified atom stereocenters. The SMILES string of the molecule is Cc1cccc(C)c1OCC(=O)N[C@H]1CCCC[C@@H]1NC(=O)COc1c(C)cccc1C. The number of hydrogen-bond donors (Lipinski definition) is 2. The van der Waals surface area contributed by atoms with Crippen LogP contribution in [0.15, 0.2) is 36.4 Å². The van der Waals surface area contributed by atoms with Crippen LogP contribution in [0.25, 0.3) is 0 Å². The number of hydrogen-bond acceptors (Lipinski definition) is 4. The first kappa shape index (κ1) is 23.6. The normalized spacial score (nSPS) is 18.0. The molecule has 2 aromatic carbocycles. The molecule has 0 spiro atoms. The Morgan fingerprint density at radius 3 is 1.41 bits per heavy atom. The molecule has 0 saturated heterocycles. The maximum atomic E-state index is 12.6. The molecule has 6 nitrogen and oxygen atoms in total. The molecule has 0 radical (unpaired) electrons. The fourth-order valence-corrected chi connectivity index (χ4v) is 4.30. The van der Waals surface area contributed by atoms with E-state index in [1.807, 2.05) is 64.1 Å². The van der Waals surface area contributed by atoms with Crippen molar-refractivity contribution in [2.24, 2.45) is 0 Å². The minimum Gasteiger partial charge on any atom is -0.483 e. The number of carbonyl (C=O) groups excluding carboxylic acids is 2. The Morgan fingerprint density at radius 2 is 1.06 bits per heavy atom. The maximum Gasteiger partial charge on any atom is 0.258 e. The molecular formula is C26H34N2O4. The highest BCUT2D eigenvalue weighted by Gasteiger charge is 2.28. The van der Waals surface area contributed by atoms with Gasteiger partial charge in [0.15, 0.2) is 13.2 Å². The molecule has 0 heterocycles. The predicted octanol–water partition coefficient (Wildman–Crippen LogP) is 3.92. The van der Waals surface area contributed by atoms with Crippen LogP contribution in [0.4, 0.5) is 0 Å². The lowest BCUT2D eigenvalue weighted by molar-refractivity contribution is -0.127. The largest absolute Gasteiger partial charge is 0.483 e. The predicted molar refractivity (Wildman–Crippen MR) is 125 cm³/mol. The summed E-state index contributed by atoms with van der Waals surface area (Å²) in [6.45, 7) is 7.78. The standard InChI is InChI=1S/C26H34N2O4/c1-17-9-7-10-18(2)25(17)31-15-23(29)27-21-13-5-6-14-22(21)28-24(30)16-32-26-19(3)11-8-12-20(26)4/h7-12,21-22H,5-6,13-16H2,1-4H3,(H,27,29)(H,28,30)/t21-,22-/m0/s1. The van der Waals surface area contributed by atoms with Crippen molar-refractivity contribution in [1.82, 2.24) is 10.6 Å². The third-order valence-electron chi connectivity index (χ3n) is 5.97. The van der Waals surface area contributed by atoms with Gasteiger partial charge in [0, 0.05) is 12.1 Å². The van der Waals surface area contributed by atoms with Gasteiger partial charge in [-0.2, -0.15) is 0 Å². The van der Waals surface area contributed by atoms with E-state index in [4.69, 9.17) is 9.47 Å². The van der Waals surface area contributed by atoms with Crippen molar-refractivity contribution in [2.45, 2.75) is 65.5 Å². The first-order valence-corrected chi connectivity index (χ1v) is 11.3. The number of ether oxygens (including phenoxy) is 2. The molecule has 0 bridgehead atoms. The minimum atomic E-state index is -0.175. The summed E-state index contributed by atoms with van der Waals surface area (Å²) < 4.78 is 11.6. The average molecular weight is 439 g/mol. The van der Waals surface area contributed by atoms with E-state index in [0.717, 1.165) is 59.4 Å². The second-order valence-corrected chi connectivity index (χ2v) is 8.65. The third-order valence-corrected chi connectivity index (χ3v) is 5.97. The Labute approximate surface area is 190 Å². The third kappa shape index (κ3) is 6.25. The zero-order valence-electron chi connectivity index (χ0n) is 19.5. The highest BCUT2D eigenvalue weighted by atomic mass is 16.5. The average Bonchev–Trinajstić information content (AvgIpc) is 2.74. The van der Waals surface area contributed by atoms with Gasteiger partial charge in [0.1, 0.15) is 11.5 Å². The quantitative estimate of drug-likeness (QED) is 0.655. The second-order valence-electron chi connectivity index (χ2n) is 8.65. The van der Waals surface area contributed by atoms with E-state index in [1.54, 1.807) is 0 Å². The fourth-order valence-electron chi connectivity index (χ4n) is 4.30. The number of aryl methyl sites for hydroxylation is 4. The Hall–Kier alpha value is -3.02. The van der Waals surface area contributed by atoms with Crippen molar-refractivity contribution in [1.29, 1.82) is 0 Å². The summed E-state index contributed by atoms with van der Waals surface area (Å²) in [5.74, 6) is 1.15. The van der Waals surface area contributed by atoms with Crippen LogP contribution in [0, 0.1) is 27.7 Å². The van der Waals surface area contributed by atoms with Gasteiger partial charge < -0.3 is 20.1 Å².